The van der Waals surface area contributed by atoms with Gasteiger partial charge < -0.3 is 9.84 Å². The number of aliphatic hydroxyl groups is 1. The summed E-state index contributed by atoms with van der Waals surface area (Å²) in [5.41, 5.74) is 1.76. The molecule has 1 atom stereocenters. The summed E-state index contributed by atoms with van der Waals surface area (Å²) >= 11 is 6.09. The zero-order chi connectivity index (χ0) is 22.8. The number of nitrogens with zero attached hydrogens (tertiary/aromatic N) is 2. The maximum Gasteiger partial charge on any atom is 0.300 e. The van der Waals surface area contributed by atoms with Crippen molar-refractivity contribution in [3.8, 4) is 11.8 Å². The van der Waals surface area contributed by atoms with Crippen molar-refractivity contribution in [1.82, 2.24) is 0 Å². The number of halogens is 1. The highest BCUT2D eigenvalue weighted by Gasteiger charge is 2.46. The molecule has 158 valence electrons. The van der Waals surface area contributed by atoms with Gasteiger partial charge in [-0.2, -0.15) is 5.26 Å². The van der Waals surface area contributed by atoms with Crippen LogP contribution in [0.2, 0.25) is 5.02 Å². The van der Waals surface area contributed by atoms with Crippen molar-refractivity contribution in [2.24, 2.45) is 0 Å². The van der Waals surface area contributed by atoms with E-state index in [1.165, 1.54) is 18.1 Å². The van der Waals surface area contributed by atoms with Crippen molar-refractivity contribution < 1.29 is 19.4 Å². The second-order valence-corrected chi connectivity index (χ2v) is 7.49. The molecule has 0 saturated carbocycles. The third kappa shape index (κ3) is 3.59. The van der Waals surface area contributed by atoms with Crippen molar-refractivity contribution >= 4 is 34.7 Å². The quantitative estimate of drug-likeness (QED) is 0.353. The van der Waals surface area contributed by atoms with E-state index in [1.54, 1.807) is 60.7 Å². The average Bonchev–Trinajstić information content (AvgIpc) is 3.10. The van der Waals surface area contributed by atoms with Gasteiger partial charge in [0.1, 0.15) is 11.5 Å². The van der Waals surface area contributed by atoms with E-state index in [2.05, 4.69) is 0 Å². The molecular formula is C25H17ClN2O4. The molecule has 1 N–H and O–H groups in total. The van der Waals surface area contributed by atoms with Gasteiger partial charge in [0.15, 0.2) is 0 Å². The van der Waals surface area contributed by atoms with E-state index in [0.717, 1.165) is 0 Å². The van der Waals surface area contributed by atoms with Gasteiger partial charge in [-0.25, -0.2) is 0 Å². The lowest BCUT2D eigenvalue weighted by molar-refractivity contribution is -0.132. The molecule has 1 saturated heterocycles. The molecule has 0 aromatic heterocycles. The molecule has 7 heteroatoms. The number of anilines is 1. The number of carbonyl (C=O) groups excluding carboxylic acids is 2. The minimum Gasteiger partial charge on any atom is -0.507 e. The maximum absolute atomic E-state index is 13.1. The fourth-order valence-electron chi connectivity index (χ4n) is 3.71. The molecule has 0 aliphatic carbocycles. The number of ketones is 1. The van der Waals surface area contributed by atoms with Gasteiger partial charge in [0, 0.05) is 11.3 Å². The first-order chi connectivity index (χ1) is 15.5. The van der Waals surface area contributed by atoms with Crippen LogP contribution in [0.5, 0.6) is 5.75 Å². The van der Waals surface area contributed by atoms with Gasteiger partial charge in [-0.3, -0.25) is 14.5 Å². The molecule has 4 rings (SSSR count). The minimum atomic E-state index is -0.856. The molecule has 1 unspecified atom stereocenters. The van der Waals surface area contributed by atoms with E-state index in [0.29, 0.717) is 33.1 Å². The normalized spacial score (nSPS) is 17.3. The summed E-state index contributed by atoms with van der Waals surface area (Å²) in [4.78, 5) is 27.5. The van der Waals surface area contributed by atoms with Gasteiger partial charge in [-0.15, -0.1) is 0 Å². The maximum atomic E-state index is 13.1. The van der Waals surface area contributed by atoms with Crippen LogP contribution in [-0.2, 0) is 9.59 Å². The molecule has 1 heterocycles. The lowest BCUT2D eigenvalue weighted by Crippen LogP contribution is -2.29. The first-order valence-electron chi connectivity index (χ1n) is 9.66. The summed E-state index contributed by atoms with van der Waals surface area (Å²) in [5.74, 6) is -1.59. The number of carbonyl (C=O) groups is 2. The molecule has 1 aliphatic heterocycles. The van der Waals surface area contributed by atoms with Crippen molar-refractivity contribution in [1.29, 1.82) is 5.26 Å². The molecule has 3 aromatic rings. The molecule has 1 amide bonds. The Labute approximate surface area is 189 Å². The van der Waals surface area contributed by atoms with Crippen LogP contribution in [0, 0.1) is 11.3 Å². The average molecular weight is 445 g/mol. The van der Waals surface area contributed by atoms with Gasteiger partial charge in [-0.05, 0) is 48.0 Å². The molecule has 0 bridgehead atoms. The van der Waals surface area contributed by atoms with Crippen LogP contribution < -0.4 is 9.64 Å². The van der Waals surface area contributed by atoms with Crippen molar-refractivity contribution in [3.05, 3.63) is 100 Å². The Balaban J connectivity index is 1.93. The molecule has 1 aliphatic rings. The molecule has 3 aromatic carbocycles. The Kier molecular flexibility index (Phi) is 5.67. The van der Waals surface area contributed by atoms with E-state index in [4.69, 9.17) is 21.6 Å². The lowest BCUT2D eigenvalue weighted by atomic mass is 9.95. The van der Waals surface area contributed by atoms with Gasteiger partial charge in [0.2, 0.25) is 0 Å². The smallest absolute Gasteiger partial charge is 0.300 e. The van der Waals surface area contributed by atoms with Gasteiger partial charge in [-0.1, -0.05) is 41.9 Å². The fraction of sp³-hybridized carbons (Fsp3) is 0.0800. The van der Waals surface area contributed by atoms with Crippen LogP contribution in [0.15, 0.2) is 78.4 Å². The lowest BCUT2D eigenvalue weighted by Gasteiger charge is -2.25. The third-order valence-corrected chi connectivity index (χ3v) is 5.57. The Bertz CT molecular complexity index is 1280. The first-order valence-corrected chi connectivity index (χ1v) is 10.0. The van der Waals surface area contributed by atoms with Crippen molar-refractivity contribution in [2.75, 3.05) is 12.0 Å². The predicted molar refractivity (Wildman–Crippen MR) is 120 cm³/mol. The van der Waals surface area contributed by atoms with E-state index in [9.17, 15) is 14.7 Å². The topological polar surface area (TPSA) is 90.6 Å². The van der Waals surface area contributed by atoms with E-state index in [-0.39, 0.29) is 11.3 Å². The Morgan fingerprint density at radius 3 is 2.38 bits per heavy atom. The number of benzene rings is 3. The number of hydrogen-bond acceptors (Lipinski definition) is 5. The van der Waals surface area contributed by atoms with Crippen LogP contribution in [0.1, 0.15) is 22.7 Å². The zero-order valence-corrected chi connectivity index (χ0v) is 17.7. The Morgan fingerprint density at radius 2 is 1.75 bits per heavy atom. The summed E-state index contributed by atoms with van der Waals surface area (Å²) < 4.78 is 5.22. The number of amides is 1. The standard InChI is InChI=1S/C25H17ClN2O4/c1-32-20-13-17(9-12-19(20)26)23(29)21-22(16-5-3-2-4-6-16)28(25(31)24(21)30)18-10-7-15(14-27)8-11-18/h2-13,22,29H,1H3/b23-21-. The highest BCUT2D eigenvalue weighted by molar-refractivity contribution is 6.51. The fourth-order valence-corrected chi connectivity index (χ4v) is 3.90. The number of rotatable bonds is 4. The molecular weight excluding hydrogens is 428 g/mol. The van der Waals surface area contributed by atoms with Crippen LogP contribution in [0.25, 0.3) is 5.76 Å². The highest BCUT2D eigenvalue weighted by atomic mass is 35.5. The van der Waals surface area contributed by atoms with Crippen LogP contribution in [-0.4, -0.2) is 23.9 Å². The second kappa shape index (κ2) is 8.58. The number of methoxy groups -OCH3 is 1. The molecule has 32 heavy (non-hydrogen) atoms. The number of hydrogen-bond donors (Lipinski definition) is 1. The summed E-state index contributed by atoms with van der Waals surface area (Å²) in [7, 11) is 1.44. The SMILES string of the molecule is COc1cc(/C(O)=C2/C(=O)C(=O)N(c3ccc(C#N)cc3)C2c2ccccc2)ccc1Cl. The van der Waals surface area contributed by atoms with Gasteiger partial charge in [0.25, 0.3) is 11.7 Å². The number of aliphatic hydroxyl groups excluding tert-OH is 1. The van der Waals surface area contributed by atoms with Crippen molar-refractivity contribution in [3.63, 3.8) is 0 Å². The third-order valence-electron chi connectivity index (χ3n) is 5.26. The van der Waals surface area contributed by atoms with Crippen LogP contribution >= 0.6 is 11.6 Å². The van der Waals surface area contributed by atoms with Crippen LogP contribution in [0.3, 0.4) is 0 Å². The van der Waals surface area contributed by atoms with E-state index >= 15 is 0 Å². The van der Waals surface area contributed by atoms with Crippen LogP contribution in [0.4, 0.5) is 5.69 Å². The first kappa shape index (κ1) is 21.2. The molecule has 1 fully saturated rings. The summed E-state index contributed by atoms with van der Waals surface area (Å²) in [6.45, 7) is 0. The van der Waals surface area contributed by atoms with E-state index in [1.807, 2.05) is 12.1 Å². The molecule has 6 nitrogen and oxygen atoms in total. The van der Waals surface area contributed by atoms with Crippen molar-refractivity contribution in [2.45, 2.75) is 6.04 Å². The Morgan fingerprint density at radius 1 is 1.06 bits per heavy atom. The van der Waals surface area contributed by atoms with Gasteiger partial charge >= 0.3 is 0 Å². The van der Waals surface area contributed by atoms with Gasteiger partial charge in [0.05, 0.1) is 35.4 Å². The predicted octanol–water partition coefficient (Wildman–Crippen LogP) is 4.85. The minimum absolute atomic E-state index is 0.0464. The monoisotopic (exact) mass is 444 g/mol. The number of Topliss-reactive ketones (excluding diaryl/α,β-unsaturated/α-hetero) is 1. The summed E-state index contributed by atoms with van der Waals surface area (Å²) in [6, 6.07) is 21.1. The molecule has 0 radical (unpaired) electrons. The largest absolute Gasteiger partial charge is 0.507 e. The zero-order valence-electron chi connectivity index (χ0n) is 16.9. The molecule has 0 spiro atoms. The second-order valence-electron chi connectivity index (χ2n) is 7.09. The number of nitriles is 1. The highest BCUT2D eigenvalue weighted by Crippen LogP contribution is 2.42. The number of ether oxygens (including phenoxy) is 1. The summed E-state index contributed by atoms with van der Waals surface area (Å²) in [5, 5.41) is 20.6. The van der Waals surface area contributed by atoms with E-state index < -0.39 is 17.7 Å². The summed E-state index contributed by atoms with van der Waals surface area (Å²) in [6.07, 6.45) is 0. The Hall–Kier alpha value is -4.08.